The zero-order valence-electron chi connectivity index (χ0n) is 5.64. The first-order valence-corrected chi connectivity index (χ1v) is 4.53. The second-order valence-electron chi connectivity index (χ2n) is 1.73. The Morgan fingerprint density at radius 1 is 1.00 bits per heavy atom. The van der Waals surface area contributed by atoms with Gasteiger partial charge >= 0.3 is 0 Å². The van der Waals surface area contributed by atoms with Gasteiger partial charge in [0, 0.05) is 13.2 Å². The van der Waals surface area contributed by atoms with Gasteiger partial charge in [0.2, 0.25) is 0 Å². The van der Waals surface area contributed by atoms with Gasteiger partial charge in [-0.15, -0.1) is 0 Å². The molecule has 1 fully saturated rings. The molecule has 62 valence electrons. The Morgan fingerprint density at radius 2 is 1.30 bits per heavy atom. The molecule has 1 saturated heterocycles. The van der Waals surface area contributed by atoms with Crippen LogP contribution in [-0.2, 0) is 4.74 Å². The fourth-order valence-electron chi connectivity index (χ4n) is 0.510. The quantitative estimate of drug-likeness (QED) is 0.440. The van der Waals surface area contributed by atoms with E-state index in [0.29, 0.717) is 0 Å². The molecule has 0 aliphatic carbocycles. The van der Waals surface area contributed by atoms with Crippen LogP contribution in [0, 0.1) is 0 Å². The van der Waals surface area contributed by atoms with Crippen molar-refractivity contribution in [1.82, 2.24) is 0 Å². The highest BCUT2D eigenvalue weighted by Gasteiger charge is 1.94. The van der Waals surface area contributed by atoms with Gasteiger partial charge in [-0.05, 0) is 25.4 Å². The summed E-state index contributed by atoms with van der Waals surface area (Å²) in [6.45, 7) is 2.00. The topological polar surface area (TPSA) is 9.23 Å². The fourth-order valence-corrected chi connectivity index (χ4v) is 0.510. The van der Waals surface area contributed by atoms with Gasteiger partial charge in [0.1, 0.15) is 0 Å². The van der Waals surface area contributed by atoms with Gasteiger partial charge in [-0.3, -0.25) is 0 Å². The summed E-state index contributed by atoms with van der Waals surface area (Å²) in [5, 5.41) is 0. The third kappa shape index (κ3) is 15.8. The Kier molecular flexibility index (Phi) is 27.3. The first kappa shape index (κ1) is 16.8. The van der Waals surface area contributed by atoms with E-state index >= 15 is 0 Å². The number of thioether (sulfide) groups is 1. The summed E-state index contributed by atoms with van der Waals surface area (Å²) in [6.07, 6.45) is 6.64. The van der Waals surface area contributed by atoms with Crippen molar-refractivity contribution >= 4 is 28.6 Å². The molecule has 4 heteroatoms. The summed E-state index contributed by atoms with van der Waals surface area (Å²) in [7, 11) is 0. The van der Waals surface area contributed by atoms with Crippen molar-refractivity contribution < 1.29 is 4.74 Å². The molecule has 0 aromatic rings. The van der Waals surface area contributed by atoms with Gasteiger partial charge in [0.25, 0.3) is 0 Å². The van der Waals surface area contributed by atoms with Crippen molar-refractivity contribution in [3.63, 3.8) is 0 Å². The van der Waals surface area contributed by atoms with Crippen LogP contribution in [-0.4, -0.2) is 42.6 Å². The number of hydrogen-bond acceptors (Lipinski definition) is 2. The van der Waals surface area contributed by atoms with Gasteiger partial charge in [0.15, 0.2) is 0 Å². The van der Waals surface area contributed by atoms with Crippen LogP contribution in [0.15, 0.2) is 0 Å². The Hall–Kier alpha value is 0.440. The molecule has 0 unspecified atom stereocenters. The molecule has 0 saturated carbocycles. The normalized spacial score (nSPS) is 13.8. The van der Waals surface area contributed by atoms with Crippen LogP contribution in [0.3, 0.4) is 0 Å². The highest BCUT2D eigenvalue weighted by Crippen LogP contribution is 1.98. The Bertz CT molecular complexity index is 35.1. The molecule has 0 amide bonds. The van der Waals surface area contributed by atoms with Crippen LogP contribution >= 0.6 is 11.8 Å². The van der Waals surface area contributed by atoms with Crippen LogP contribution in [0.25, 0.3) is 0 Å². The van der Waals surface area contributed by atoms with Crippen molar-refractivity contribution in [2.45, 2.75) is 12.8 Å². The predicted octanol–water partition coefficient (Wildman–Crippen LogP) is -0.592. The van der Waals surface area contributed by atoms with E-state index in [1.807, 2.05) is 12.5 Å². The van der Waals surface area contributed by atoms with Crippen LogP contribution in [0.1, 0.15) is 12.8 Å². The van der Waals surface area contributed by atoms with E-state index in [1.165, 1.54) is 12.8 Å². The fraction of sp³-hybridized carbons (Fsp3) is 1.00. The smallest absolute Gasteiger partial charge is 0.0814 e. The van der Waals surface area contributed by atoms with Gasteiger partial charge < -0.3 is 4.74 Å². The summed E-state index contributed by atoms with van der Waals surface area (Å²) < 4.78 is 4.94. The minimum Gasteiger partial charge on any atom is -0.381 e. The molecule has 1 rings (SSSR count). The van der Waals surface area contributed by atoms with Gasteiger partial charge in [0.05, 0.1) is 16.8 Å². The molecule has 1 heterocycles. The van der Waals surface area contributed by atoms with E-state index in [1.54, 1.807) is 11.8 Å². The maximum Gasteiger partial charge on any atom is 0.0814 e. The molecule has 0 radical (unpaired) electrons. The van der Waals surface area contributed by atoms with Gasteiger partial charge in [-0.25, -0.2) is 0 Å². The summed E-state index contributed by atoms with van der Waals surface area (Å²) in [4.78, 5) is 0. The molecule has 10 heavy (non-hydrogen) atoms. The van der Waals surface area contributed by atoms with E-state index in [4.69, 9.17) is 4.74 Å². The molecule has 0 spiro atoms. The van der Waals surface area contributed by atoms with Crippen molar-refractivity contribution in [2.24, 2.45) is 0 Å². The van der Waals surface area contributed by atoms with Crippen LogP contribution in [0.2, 0.25) is 0 Å². The standard InChI is InChI=1S/C4H8O.C2H6S.2BH3/c1-2-4-5-3-1;1-3-2;;/h1-4H2;1-2H3;2*1H3. The second kappa shape index (κ2) is 16.2. The number of hydrogen-bond donors (Lipinski definition) is 0. The van der Waals surface area contributed by atoms with Gasteiger partial charge in [-0.2, -0.15) is 11.8 Å². The van der Waals surface area contributed by atoms with E-state index in [-0.39, 0.29) is 16.8 Å². The lowest BCUT2D eigenvalue weighted by molar-refractivity contribution is 0.198. The lowest BCUT2D eigenvalue weighted by Crippen LogP contribution is -1.74. The molecule has 1 aliphatic heterocycles. The summed E-state index contributed by atoms with van der Waals surface area (Å²) in [6, 6.07) is 0. The van der Waals surface area contributed by atoms with Crippen molar-refractivity contribution in [2.75, 3.05) is 25.7 Å². The van der Waals surface area contributed by atoms with Crippen molar-refractivity contribution in [1.29, 1.82) is 0 Å². The van der Waals surface area contributed by atoms with Gasteiger partial charge in [-0.1, -0.05) is 0 Å². The Balaban J connectivity index is -0.0000000900. The average Bonchev–Trinajstić information content (AvgIpc) is 2.17. The highest BCUT2D eigenvalue weighted by molar-refractivity contribution is 7.97. The lowest BCUT2D eigenvalue weighted by atomic mass is 10.4. The Labute approximate surface area is 72.4 Å². The average molecular weight is 162 g/mol. The van der Waals surface area contributed by atoms with Crippen LogP contribution < -0.4 is 0 Å². The second-order valence-corrected chi connectivity index (χ2v) is 2.54. The summed E-state index contributed by atoms with van der Waals surface area (Å²) in [5.41, 5.74) is 0. The molecule has 0 aromatic heterocycles. The van der Waals surface area contributed by atoms with E-state index in [9.17, 15) is 0 Å². The van der Waals surface area contributed by atoms with Crippen molar-refractivity contribution in [3.8, 4) is 0 Å². The maximum atomic E-state index is 4.94. The monoisotopic (exact) mass is 162 g/mol. The van der Waals surface area contributed by atoms with E-state index < -0.39 is 0 Å². The van der Waals surface area contributed by atoms with E-state index in [2.05, 4.69) is 0 Å². The van der Waals surface area contributed by atoms with Crippen molar-refractivity contribution in [3.05, 3.63) is 0 Å². The largest absolute Gasteiger partial charge is 0.381 e. The number of rotatable bonds is 0. The SMILES string of the molecule is B.B.C1CCOC1.CSC. The first-order chi connectivity index (χ1) is 3.91. The molecule has 0 bridgehead atoms. The maximum absolute atomic E-state index is 4.94. The summed E-state index contributed by atoms with van der Waals surface area (Å²) in [5.74, 6) is 0. The molecular formula is C6H20B2OS. The summed E-state index contributed by atoms with van der Waals surface area (Å²) >= 11 is 1.75. The highest BCUT2D eigenvalue weighted by atomic mass is 32.2. The molecule has 1 nitrogen and oxygen atoms in total. The third-order valence-electron chi connectivity index (χ3n) is 0.827. The number of ether oxygens (including phenoxy) is 1. The molecule has 0 atom stereocenters. The predicted molar refractivity (Wildman–Crippen MR) is 59.4 cm³/mol. The first-order valence-electron chi connectivity index (χ1n) is 2.89. The van der Waals surface area contributed by atoms with Crippen LogP contribution in [0.4, 0.5) is 0 Å². The zero-order chi connectivity index (χ0) is 6.24. The molecule has 1 aliphatic rings. The molecule has 0 aromatic carbocycles. The zero-order valence-corrected chi connectivity index (χ0v) is 6.46. The molecule has 0 N–H and O–H groups in total. The van der Waals surface area contributed by atoms with Crippen LogP contribution in [0.5, 0.6) is 0 Å². The lowest BCUT2D eigenvalue weighted by Gasteiger charge is -1.76. The third-order valence-corrected chi connectivity index (χ3v) is 0.827. The minimum atomic E-state index is 0. The minimum absolute atomic E-state index is 0. The Morgan fingerprint density at radius 3 is 1.40 bits per heavy atom. The molecular weight excluding hydrogens is 142 g/mol. The van der Waals surface area contributed by atoms with E-state index in [0.717, 1.165) is 13.2 Å².